The second-order valence-corrected chi connectivity index (χ2v) is 5.45. The third-order valence-corrected chi connectivity index (χ3v) is 3.28. The molecule has 4 heteroatoms. The van der Waals surface area contributed by atoms with Crippen LogP contribution in [0.1, 0.15) is 29.9 Å². The zero-order chi connectivity index (χ0) is 13.8. The van der Waals surface area contributed by atoms with E-state index in [0.29, 0.717) is 6.61 Å². The lowest BCUT2D eigenvalue weighted by atomic mass is 10.1. The number of rotatable bonds is 4. The minimum absolute atomic E-state index is 0.0713. The lowest BCUT2D eigenvalue weighted by molar-refractivity contribution is 0.296. The highest BCUT2D eigenvalue weighted by Gasteiger charge is 2.09. The van der Waals surface area contributed by atoms with Crippen molar-refractivity contribution in [3.05, 3.63) is 57.8 Å². The molecule has 0 saturated heterocycles. The third kappa shape index (κ3) is 3.78. The van der Waals surface area contributed by atoms with Crippen molar-refractivity contribution >= 4 is 15.9 Å². The first-order valence-electron chi connectivity index (χ1n) is 6.16. The van der Waals surface area contributed by atoms with E-state index in [0.717, 1.165) is 27.2 Å². The van der Waals surface area contributed by atoms with Crippen molar-refractivity contribution in [2.75, 3.05) is 0 Å². The number of pyridine rings is 1. The molecule has 19 heavy (non-hydrogen) atoms. The number of aryl methyl sites for hydroxylation is 1. The molecule has 0 radical (unpaired) electrons. The van der Waals surface area contributed by atoms with Gasteiger partial charge in [0.05, 0.1) is 5.69 Å². The second kappa shape index (κ2) is 6.17. The molecule has 2 rings (SSSR count). The van der Waals surface area contributed by atoms with Gasteiger partial charge in [-0.1, -0.05) is 22.0 Å². The molecule has 0 spiro atoms. The molecule has 1 aromatic carbocycles. The molecule has 0 aliphatic carbocycles. The lowest BCUT2D eigenvalue weighted by Crippen LogP contribution is -2.08. The highest BCUT2D eigenvalue weighted by atomic mass is 79.9. The minimum atomic E-state index is -0.0713. The number of benzene rings is 1. The van der Waals surface area contributed by atoms with Gasteiger partial charge in [0.1, 0.15) is 12.4 Å². The molecule has 0 saturated carbocycles. The summed E-state index contributed by atoms with van der Waals surface area (Å²) in [5, 5.41) is 0. The normalized spacial score (nSPS) is 12.2. The maximum atomic E-state index is 5.96. The summed E-state index contributed by atoms with van der Waals surface area (Å²) in [7, 11) is 0. The van der Waals surface area contributed by atoms with Crippen LogP contribution in [0, 0.1) is 6.92 Å². The van der Waals surface area contributed by atoms with Crippen LogP contribution >= 0.6 is 15.9 Å². The molecule has 0 fully saturated rings. The van der Waals surface area contributed by atoms with E-state index in [1.807, 2.05) is 50.2 Å². The largest absolute Gasteiger partial charge is 0.487 e. The number of hydrogen-bond donors (Lipinski definition) is 1. The first-order valence-corrected chi connectivity index (χ1v) is 6.96. The zero-order valence-electron chi connectivity index (χ0n) is 11.1. The molecule has 0 aliphatic rings. The molecule has 0 unspecified atom stereocenters. The Morgan fingerprint density at radius 1 is 1.32 bits per heavy atom. The van der Waals surface area contributed by atoms with Gasteiger partial charge < -0.3 is 10.5 Å². The van der Waals surface area contributed by atoms with Gasteiger partial charge in [0.15, 0.2) is 0 Å². The summed E-state index contributed by atoms with van der Waals surface area (Å²) in [6.45, 7) is 4.36. The molecule has 1 atom stereocenters. The lowest BCUT2D eigenvalue weighted by Gasteiger charge is -2.14. The van der Waals surface area contributed by atoms with Crippen LogP contribution in [0.4, 0.5) is 0 Å². The quantitative estimate of drug-likeness (QED) is 0.933. The molecule has 0 amide bonds. The zero-order valence-corrected chi connectivity index (χ0v) is 12.6. The second-order valence-electron chi connectivity index (χ2n) is 4.53. The van der Waals surface area contributed by atoms with E-state index in [1.165, 1.54) is 0 Å². The van der Waals surface area contributed by atoms with Gasteiger partial charge in [-0.15, -0.1) is 0 Å². The smallest absolute Gasteiger partial charge is 0.130 e. The number of halogens is 1. The van der Waals surface area contributed by atoms with Gasteiger partial charge in [-0.05, 0) is 44.2 Å². The summed E-state index contributed by atoms with van der Waals surface area (Å²) < 4.78 is 6.83. The Labute approximate surface area is 121 Å². The van der Waals surface area contributed by atoms with Gasteiger partial charge >= 0.3 is 0 Å². The average Bonchev–Trinajstić information content (AvgIpc) is 2.37. The highest BCUT2D eigenvalue weighted by Crippen LogP contribution is 2.28. The Bertz CT molecular complexity index is 570. The first-order chi connectivity index (χ1) is 9.06. The topological polar surface area (TPSA) is 48.1 Å². The fourth-order valence-corrected chi connectivity index (χ4v) is 2.22. The van der Waals surface area contributed by atoms with Gasteiger partial charge in [0, 0.05) is 21.8 Å². The fourth-order valence-electron chi connectivity index (χ4n) is 1.84. The van der Waals surface area contributed by atoms with Crippen molar-refractivity contribution < 1.29 is 4.74 Å². The summed E-state index contributed by atoms with van der Waals surface area (Å²) in [4.78, 5) is 4.41. The standard InChI is InChI=1S/C15H17BrN2O/c1-10-4-3-5-13(18-10)9-19-15-7-6-12(16)8-14(15)11(2)17/h3-8,11H,9,17H2,1-2H3/t11-/m0/s1. The molecular weight excluding hydrogens is 304 g/mol. The van der Waals surface area contributed by atoms with Crippen LogP contribution in [-0.2, 0) is 6.61 Å². The maximum Gasteiger partial charge on any atom is 0.130 e. The Hall–Kier alpha value is -1.39. The Kier molecular flexibility index (Phi) is 4.56. The van der Waals surface area contributed by atoms with E-state index in [-0.39, 0.29) is 6.04 Å². The molecule has 3 nitrogen and oxygen atoms in total. The molecule has 2 N–H and O–H groups in total. The van der Waals surface area contributed by atoms with Crippen LogP contribution in [-0.4, -0.2) is 4.98 Å². The van der Waals surface area contributed by atoms with Crippen molar-refractivity contribution in [3.8, 4) is 5.75 Å². The van der Waals surface area contributed by atoms with Gasteiger partial charge in [0.25, 0.3) is 0 Å². The van der Waals surface area contributed by atoms with Crippen LogP contribution in [0.25, 0.3) is 0 Å². The number of hydrogen-bond acceptors (Lipinski definition) is 3. The Morgan fingerprint density at radius 3 is 2.79 bits per heavy atom. The van der Waals surface area contributed by atoms with Crippen molar-refractivity contribution in [2.45, 2.75) is 26.5 Å². The minimum Gasteiger partial charge on any atom is -0.487 e. The summed E-state index contributed by atoms with van der Waals surface area (Å²) in [6.07, 6.45) is 0. The average molecular weight is 321 g/mol. The fraction of sp³-hybridized carbons (Fsp3) is 0.267. The number of aromatic nitrogens is 1. The molecule has 1 aromatic heterocycles. The van der Waals surface area contributed by atoms with E-state index in [2.05, 4.69) is 20.9 Å². The summed E-state index contributed by atoms with van der Waals surface area (Å²) in [5.74, 6) is 0.807. The Balaban J connectivity index is 2.15. The van der Waals surface area contributed by atoms with Crippen molar-refractivity contribution in [2.24, 2.45) is 5.73 Å². The van der Waals surface area contributed by atoms with Gasteiger partial charge in [-0.3, -0.25) is 4.98 Å². The number of ether oxygens (including phenoxy) is 1. The number of nitrogens with zero attached hydrogens (tertiary/aromatic N) is 1. The summed E-state index contributed by atoms with van der Waals surface area (Å²) >= 11 is 3.45. The van der Waals surface area contributed by atoms with Crippen LogP contribution in [0.15, 0.2) is 40.9 Å². The van der Waals surface area contributed by atoms with Gasteiger partial charge in [-0.25, -0.2) is 0 Å². The molecular formula is C15H17BrN2O. The maximum absolute atomic E-state index is 5.96. The van der Waals surface area contributed by atoms with Crippen LogP contribution in [0.2, 0.25) is 0 Å². The first kappa shape index (κ1) is 14.0. The molecule has 100 valence electrons. The van der Waals surface area contributed by atoms with E-state index in [9.17, 15) is 0 Å². The van der Waals surface area contributed by atoms with Gasteiger partial charge in [-0.2, -0.15) is 0 Å². The number of nitrogens with two attached hydrogens (primary N) is 1. The van der Waals surface area contributed by atoms with Crippen LogP contribution in [0.5, 0.6) is 5.75 Å². The monoisotopic (exact) mass is 320 g/mol. The third-order valence-electron chi connectivity index (χ3n) is 2.78. The molecule has 2 aromatic rings. The van der Waals surface area contributed by atoms with E-state index < -0.39 is 0 Å². The van der Waals surface area contributed by atoms with Crippen molar-refractivity contribution in [1.82, 2.24) is 4.98 Å². The highest BCUT2D eigenvalue weighted by molar-refractivity contribution is 9.10. The van der Waals surface area contributed by atoms with E-state index in [4.69, 9.17) is 10.5 Å². The Morgan fingerprint density at radius 2 is 2.11 bits per heavy atom. The van der Waals surface area contributed by atoms with Crippen molar-refractivity contribution in [1.29, 1.82) is 0 Å². The van der Waals surface area contributed by atoms with E-state index in [1.54, 1.807) is 0 Å². The predicted octanol–water partition coefficient (Wildman–Crippen LogP) is 3.75. The van der Waals surface area contributed by atoms with Crippen LogP contribution in [0.3, 0.4) is 0 Å². The van der Waals surface area contributed by atoms with E-state index >= 15 is 0 Å². The van der Waals surface area contributed by atoms with Gasteiger partial charge in [0.2, 0.25) is 0 Å². The molecule has 0 bridgehead atoms. The molecule has 0 aliphatic heterocycles. The SMILES string of the molecule is Cc1cccc(COc2ccc(Br)cc2[C@H](C)N)n1. The summed E-state index contributed by atoms with van der Waals surface area (Å²) in [6, 6.07) is 11.7. The predicted molar refractivity (Wildman–Crippen MR) is 80.1 cm³/mol. The summed E-state index contributed by atoms with van der Waals surface area (Å²) in [5.41, 5.74) is 8.85. The molecule has 1 heterocycles. The van der Waals surface area contributed by atoms with Crippen LogP contribution < -0.4 is 10.5 Å². The van der Waals surface area contributed by atoms with Crippen molar-refractivity contribution in [3.63, 3.8) is 0 Å².